The van der Waals surface area contributed by atoms with Gasteiger partial charge in [-0.05, 0) is 0 Å². The normalized spacial score (nSPS) is 19.8. The van der Waals surface area contributed by atoms with Crippen LogP contribution >= 0.6 is 24.8 Å². The summed E-state index contributed by atoms with van der Waals surface area (Å²) in [6, 6.07) is 0. The Labute approximate surface area is 102 Å². The Morgan fingerprint density at radius 1 is 0.923 bits per heavy atom. The molecule has 0 amide bonds. The first-order valence-electron chi connectivity index (χ1n) is 3.95. The summed E-state index contributed by atoms with van der Waals surface area (Å²) in [5.41, 5.74) is 4.66. The van der Waals surface area contributed by atoms with E-state index in [9.17, 15) is 0 Å². The van der Waals surface area contributed by atoms with Crippen molar-refractivity contribution >= 4 is 24.8 Å². The van der Waals surface area contributed by atoms with E-state index < -0.39 is 0 Å². The zero-order valence-electron chi connectivity index (χ0n) is 8.72. The van der Waals surface area contributed by atoms with Crippen LogP contribution < -0.4 is 0 Å². The molecule has 1 aliphatic carbocycles. The number of rotatable bonds is 0. The molecule has 0 fully saturated rings. The average Bonchev–Trinajstić information content (AvgIpc) is 2.06. The molecular weight excluding hydrogens is 243 g/mol. The fourth-order valence-electron chi connectivity index (χ4n) is 1.56. The van der Waals surface area contributed by atoms with Crippen LogP contribution in [0.5, 0.6) is 0 Å². The molecule has 0 unspecified atom stereocenters. The number of allylic oxidation sites excluding steroid dienone is 4. The Bertz CT molecular complexity index is 236. The van der Waals surface area contributed by atoms with E-state index >= 15 is 0 Å². The second-order valence-corrected chi connectivity index (χ2v) is 4.47. The monoisotopic (exact) mass is 259 g/mol. The molecule has 1 aliphatic rings. The van der Waals surface area contributed by atoms with Gasteiger partial charge in [0, 0.05) is 0 Å². The van der Waals surface area contributed by atoms with Gasteiger partial charge in [0.2, 0.25) is 0 Å². The maximum absolute atomic E-state index is 3.18. The molecule has 1 rings (SSSR count). The summed E-state index contributed by atoms with van der Waals surface area (Å²) in [6.45, 7) is 11.2. The van der Waals surface area contributed by atoms with Crippen molar-refractivity contribution in [2.45, 2.75) is 34.6 Å². The Balaban J connectivity index is 0. The fraction of sp³-hybridized carbons (Fsp3) is 0.600. The van der Waals surface area contributed by atoms with E-state index in [0.29, 0.717) is 0 Å². The Hall–Kier alpha value is 0.592. The van der Waals surface area contributed by atoms with Crippen molar-refractivity contribution in [3.05, 3.63) is 21.2 Å². The summed E-state index contributed by atoms with van der Waals surface area (Å²) in [7, 11) is 0. The molecule has 0 saturated heterocycles. The largest absolute Gasteiger partial charge is 0.147 e. The molecule has 0 aromatic heterocycles. The van der Waals surface area contributed by atoms with Crippen molar-refractivity contribution in [2.75, 3.05) is 0 Å². The van der Waals surface area contributed by atoms with Gasteiger partial charge in [0.1, 0.15) is 0 Å². The molecule has 0 bridgehead atoms. The third-order valence-electron chi connectivity index (χ3n) is 2.97. The Morgan fingerprint density at radius 3 is 1.38 bits per heavy atom. The van der Waals surface area contributed by atoms with Crippen LogP contribution in [0, 0.1) is 5.41 Å². The average molecular weight is 260 g/mol. The summed E-state index contributed by atoms with van der Waals surface area (Å²) in [4.78, 5) is 0. The van der Waals surface area contributed by atoms with E-state index in [1.165, 1.54) is 21.2 Å². The number of hydrogen-bond donors (Lipinski definition) is 0. The van der Waals surface area contributed by atoms with Crippen LogP contribution in [0.2, 0.25) is 0 Å². The summed E-state index contributed by atoms with van der Waals surface area (Å²) in [5, 5.41) is 0. The topological polar surface area (TPSA) is 0 Å². The van der Waals surface area contributed by atoms with Crippen LogP contribution in [0.25, 0.3) is 0 Å². The van der Waals surface area contributed by atoms with Gasteiger partial charge in [-0.2, -0.15) is 0 Å². The van der Waals surface area contributed by atoms with Crippen molar-refractivity contribution in [1.29, 1.82) is 0 Å². The minimum absolute atomic E-state index is 0. The standard InChI is InChI=1S/C10H15.2ClH.Cr/c1-7-6-10(4,5)9(3)8(7)2;;;/h1-5H3;2*1H;. The third-order valence-corrected chi connectivity index (χ3v) is 4.25. The summed E-state index contributed by atoms with van der Waals surface area (Å²) in [5.74, 6) is 0. The zero-order valence-corrected chi connectivity index (χ0v) is 11.6. The van der Waals surface area contributed by atoms with Crippen LogP contribution in [0.15, 0.2) is 21.2 Å². The zero-order chi connectivity index (χ0) is 8.81. The fourth-order valence-corrected chi connectivity index (χ4v) is 2.04. The van der Waals surface area contributed by atoms with Crippen molar-refractivity contribution in [3.63, 3.8) is 0 Å². The molecule has 0 atom stereocenters. The smallest absolute Gasteiger partial charge is 0.147 e. The Kier molecular flexibility index (Phi) is 6.04. The molecule has 0 N–H and O–H groups in total. The summed E-state index contributed by atoms with van der Waals surface area (Å²) >= 11 is 3.18. The van der Waals surface area contributed by atoms with Gasteiger partial charge in [0.25, 0.3) is 0 Å². The van der Waals surface area contributed by atoms with E-state index in [1.54, 1.807) is 0 Å². The van der Waals surface area contributed by atoms with E-state index in [-0.39, 0.29) is 30.2 Å². The SMILES string of the molecule is CC1=C(C)C(C)(C)[C]([Cr])=C1C.Cl.Cl. The predicted molar refractivity (Wildman–Crippen MR) is 59.4 cm³/mol. The summed E-state index contributed by atoms with van der Waals surface area (Å²) in [6.07, 6.45) is 0. The molecular formula is C10H17Cl2Cr. The molecule has 3 heteroatoms. The summed E-state index contributed by atoms with van der Waals surface area (Å²) < 4.78 is 1.41. The van der Waals surface area contributed by atoms with Gasteiger partial charge in [0.15, 0.2) is 0 Å². The predicted octanol–water partition coefficient (Wildman–Crippen LogP) is 4.03. The molecule has 0 saturated carbocycles. The van der Waals surface area contributed by atoms with E-state index in [0.717, 1.165) is 0 Å². The van der Waals surface area contributed by atoms with E-state index in [4.69, 9.17) is 0 Å². The van der Waals surface area contributed by atoms with Gasteiger partial charge < -0.3 is 0 Å². The molecule has 0 radical (unpaired) electrons. The molecule has 0 spiro atoms. The maximum Gasteiger partial charge on any atom is -0.147 e. The van der Waals surface area contributed by atoms with Crippen molar-refractivity contribution in [1.82, 2.24) is 0 Å². The minimum atomic E-state index is 0. The minimum Gasteiger partial charge on any atom is -0.147 e. The van der Waals surface area contributed by atoms with Crippen LogP contribution in [-0.4, -0.2) is 0 Å². The van der Waals surface area contributed by atoms with Crippen LogP contribution in [0.4, 0.5) is 0 Å². The van der Waals surface area contributed by atoms with Gasteiger partial charge in [0.05, 0.1) is 0 Å². The number of hydrogen-bond acceptors (Lipinski definition) is 0. The first-order chi connectivity index (χ1) is 4.89. The van der Waals surface area contributed by atoms with E-state index in [1.807, 2.05) is 0 Å². The second kappa shape index (κ2) is 4.90. The molecule has 77 valence electrons. The maximum atomic E-state index is 3.18. The van der Waals surface area contributed by atoms with Crippen LogP contribution in [0.3, 0.4) is 0 Å². The first-order valence-corrected chi connectivity index (χ1v) is 4.59. The van der Waals surface area contributed by atoms with Gasteiger partial charge in [-0.1, -0.05) is 0 Å². The van der Waals surface area contributed by atoms with E-state index in [2.05, 4.69) is 50.9 Å². The molecule has 0 aromatic rings. The van der Waals surface area contributed by atoms with Crippen molar-refractivity contribution < 1.29 is 16.3 Å². The van der Waals surface area contributed by atoms with Crippen molar-refractivity contribution in [3.8, 4) is 0 Å². The van der Waals surface area contributed by atoms with Crippen LogP contribution in [0.1, 0.15) is 34.6 Å². The second-order valence-electron chi connectivity index (χ2n) is 3.83. The van der Waals surface area contributed by atoms with Crippen molar-refractivity contribution in [2.24, 2.45) is 5.41 Å². The van der Waals surface area contributed by atoms with Gasteiger partial charge in [-0.15, -0.1) is 24.8 Å². The Morgan fingerprint density at radius 2 is 1.31 bits per heavy atom. The molecule has 0 aliphatic heterocycles. The molecule has 0 nitrogen and oxygen atoms in total. The quantitative estimate of drug-likeness (QED) is 0.617. The molecule has 13 heavy (non-hydrogen) atoms. The van der Waals surface area contributed by atoms with Gasteiger partial charge in [-0.3, -0.25) is 0 Å². The third kappa shape index (κ3) is 2.34. The van der Waals surface area contributed by atoms with Gasteiger partial charge in [-0.25, -0.2) is 0 Å². The first kappa shape index (κ1) is 16.0. The molecule has 0 aromatic carbocycles. The van der Waals surface area contributed by atoms with Gasteiger partial charge >= 0.3 is 77.5 Å². The van der Waals surface area contributed by atoms with Crippen LogP contribution in [-0.2, 0) is 16.3 Å². The number of halogens is 2. The molecule has 0 heterocycles.